The quantitative estimate of drug-likeness (QED) is 0.865. The molecule has 0 saturated carbocycles. The van der Waals surface area contributed by atoms with E-state index in [4.69, 9.17) is 4.74 Å². The average Bonchev–Trinajstić information content (AvgIpc) is 3.10. The largest absolute Gasteiger partial charge is 0.382 e. The van der Waals surface area contributed by atoms with E-state index in [9.17, 15) is 4.79 Å². The van der Waals surface area contributed by atoms with Crippen LogP contribution in [0, 0.1) is 0 Å². The Morgan fingerprint density at radius 1 is 1.57 bits per heavy atom. The molecule has 1 aliphatic rings. The van der Waals surface area contributed by atoms with E-state index >= 15 is 0 Å². The van der Waals surface area contributed by atoms with Crippen molar-refractivity contribution >= 4 is 17.2 Å². The van der Waals surface area contributed by atoms with Crippen LogP contribution < -0.4 is 0 Å². The number of carbonyl (C=O) groups is 1. The van der Waals surface area contributed by atoms with Crippen LogP contribution in [0.1, 0.15) is 22.2 Å². The number of thiophene rings is 1. The third-order valence-electron chi connectivity index (χ3n) is 3.93. The maximum atomic E-state index is 12.6. The zero-order valence-corrected chi connectivity index (χ0v) is 13.1. The molecule has 3 heterocycles. The first-order valence-electron chi connectivity index (χ1n) is 7.02. The van der Waals surface area contributed by atoms with Crippen molar-refractivity contribution in [1.82, 2.24) is 14.7 Å². The van der Waals surface area contributed by atoms with E-state index in [2.05, 4.69) is 5.10 Å². The SMILES string of the molecule is COC[C@H]1c2c(cnn2C)CCN1C(=O)Cc1cccs1. The number of aryl methyl sites for hydroxylation is 1. The van der Waals surface area contributed by atoms with Crippen LogP contribution in [0.15, 0.2) is 23.7 Å². The molecule has 0 saturated heterocycles. The molecule has 6 heteroatoms. The predicted molar refractivity (Wildman–Crippen MR) is 81.3 cm³/mol. The Balaban J connectivity index is 1.84. The summed E-state index contributed by atoms with van der Waals surface area (Å²) in [5.41, 5.74) is 2.32. The molecule has 2 aromatic rings. The Labute approximate surface area is 128 Å². The van der Waals surface area contributed by atoms with Crippen molar-refractivity contribution in [1.29, 1.82) is 0 Å². The maximum absolute atomic E-state index is 12.6. The molecule has 1 aliphatic heterocycles. The highest BCUT2D eigenvalue weighted by atomic mass is 32.1. The van der Waals surface area contributed by atoms with Gasteiger partial charge in [0.15, 0.2) is 0 Å². The van der Waals surface area contributed by atoms with Gasteiger partial charge in [0.05, 0.1) is 31.0 Å². The van der Waals surface area contributed by atoms with Gasteiger partial charge in [-0.1, -0.05) is 6.07 Å². The molecule has 5 nitrogen and oxygen atoms in total. The lowest BCUT2D eigenvalue weighted by Gasteiger charge is -2.35. The van der Waals surface area contributed by atoms with Crippen LogP contribution in [0.25, 0.3) is 0 Å². The highest BCUT2D eigenvalue weighted by Gasteiger charge is 2.33. The molecule has 1 amide bonds. The van der Waals surface area contributed by atoms with Crippen LogP contribution in [-0.2, 0) is 29.4 Å². The Hall–Kier alpha value is -1.66. The topological polar surface area (TPSA) is 47.4 Å². The second-order valence-corrected chi connectivity index (χ2v) is 6.28. The predicted octanol–water partition coefficient (Wildman–Crippen LogP) is 1.80. The molecule has 2 aromatic heterocycles. The van der Waals surface area contributed by atoms with E-state index < -0.39 is 0 Å². The van der Waals surface area contributed by atoms with Crippen molar-refractivity contribution in [2.75, 3.05) is 20.3 Å². The van der Waals surface area contributed by atoms with Gasteiger partial charge in [-0.2, -0.15) is 5.10 Å². The number of methoxy groups -OCH3 is 1. The number of rotatable bonds is 4. The van der Waals surface area contributed by atoms with Crippen LogP contribution in [0.2, 0.25) is 0 Å². The van der Waals surface area contributed by atoms with E-state index in [-0.39, 0.29) is 11.9 Å². The highest BCUT2D eigenvalue weighted by molar-refractivity contribution is 7.10. The zero-order valence-electron chi connectivity index (χ0n) is 12.3. The van der Waals surface area contributed by atoms with E-state index in [1.807, 2.05) is 40.3 Å². The number of ether oxygens (including phenoxy) is 1. The minimum absolute atomic E-state index is 0.0429. The molecule has 3 rings (SSSR count). The van der Waals surface area contributed by atoms with Crippen molar-refractivity contribution in [2.24, 2.45) is 7.05 Å². The second kappa shape index (κ2) is 5.99. The minimum atomic E-state index is -0.0429. The number of carbonyl (C=O) groups excluding carboxylic acids is 1. The van der Waals surface area contributed by atoms with Crippen LogP contribution in [0.4, 0.5) is 0 Å². The van der Waals surface area contributed by atoms with E-state index in [0.29, 0.717) is 13.0 Å². The van der Waals surface area contributed by atoms with E-state index in [1.165, 1.54) is 5.56 Å². The standard InChI is InChI=1S/C15H19N3O2S/c1-17-15-11(9-16-17)5-6-18(13(15)10-20-2)14(19)8-12-4-3-7-21-12/h3-4,7,9,13H,5-6,8,10H2,1-2H3/t13-/m0/s1. The number of amides is 1. The zero-order chi connectivity index (χ0) is 14.8. The summed E-state index contributed by atoms with van der Waals surface area (Å²) in [6, 6.07) is 3.95. The molecule has 0 fully saturated rings. The van der Waals surface area contributed by atoms with Gasteiger partial charge in [0.25, 0.3) is 0 Å². The minimum Gasteiger partial charge on any atom is -0.382 e. The molecular weight excluding hydrogens is 286 g/mol. The van der Waals surface area contributed by atoms with Crippen molar-refractivity contribution in [3.05, 3.63) is 39.8 Å². The molecule has 0 N–H and O–H groups in total. The van der Waals surface area contributed by atoms with Gasteiger partial charge in [0.1, 0.15) is 0 Å². The van der Waals surface area contributed by atoms with Crippen LogP contribution in [-0.4, -0.2) is 40.8 Å². The molecule has 0 bridgehead atoms. The summed E-state index contributed by atoms with van der Waals surface area (Å²) in [5, 5.41) is 6.33. The summed E-state index contributed by atoms with van der Waals surface area (Å²) in [7, 11) is 3.60. The summed E-state index contributed by atoms with van der Waals surface area (Å²) in [5.74, 6) is 0.159. The van der Waals surface area contributed by atoms with E-state index in [0.717, 1.165) is 23.5 Å². The normalized spacial score (nSPS) is 17.8. The fraction of sp³-hybridized carbons (Fsp3) is 0.467. The molecule has 21 heavy (non-hydrogen) atoms. The lowest BCUT2D eigenvalue weighted by atomic mass is 9.99. The first-order chi connectivity index (χ1) is 10.2. The Morgan fingerprint density at radius 2 is 2.43 bits per heavy atom. The monoisotopic (exact) mass is 305 g/mol. The van der Waals surface area contributed by atoms with Crippen LogP contribution in [0.5, 0.6) is 0 Å². The van der Waals surface area contributed by atoms with Gasteiger partial charge < -0.3 is 9.64 Å². The number of hydrogen-bond acceptors (Lipinski definition) is 4. The number of fused-ring (bicyclic) bond motifs is 1. The first-order valence-corrected chi connectivity index (χ1v) is 7.90. The van der Waals surface area contributed by atoms with Gasteiger partial charge in [0.2, 0.25) is 5.91 Å². The molecule has 1 atom stereocenters. The third kappa shape index (κ3) is 2.73. The molecule has 0 spiro atoms. The van der Waals surface area contributed by atoms with Crippen LogP contribution >= 0.6 is 11.3 Å². The van der Waals surface area contributed by atoms with E-state index in [1.54, 1.807) is 18.4 Å². The van der Waals surface area contributed by atoms with Gasteiger partial charge in [-0.05, 0) is 23.4 Å². The van der Waals surface area contributed by atoms with Crippen molar-refractivity contribution in [2.45, 2.75) is 18.9 Å². The fourth-order valence-electron chi connectivity index (χ4n) is 2.95. The summed E-state index contributed by atoms with van der Waals surface area (Å²) >= 11 is 1.62. The third-order valence-corrected chi connectivity index (χ3v) is 4.81. The molecule has 0 radical (unpaired) electrons. The molecule has 0 aromatic carbocycles. The maximum Gasteiger partial charge on any atom is 0.228 e. The second-order valence-electron chi connectivity index (χ2n) is 5.24. The average molecular weight is 305 g/mol. The summed E-state index contributed by atoms with van der Waals surface area (Å²) in [6.07, 6.45) is 3.23. The molecule has 112 valence electrons. The smallest absolute Gasteiger partial charge is 0.228 e. The fourth-order valence-corrected chi connectivity index (χ4v) is 3.64. The summed E-state index contributed by atoms with van der Waals surface area (Å²) < 4.78 is 7.21. The van der Waals surface area contributed by atoms with Crippen LogP contribution in [0.3, 0.4) is 0 Å². The summed E-state index contributed by atoms with van der Waals surface area (Å²) in [6.45, 7) is 1.24. The number of hydrogen-bond donors (Lipinski definition) is 0. The number of aromatic nitrogens is 2. The van der Waals surface area contributed by atoms with Crippen molar-refractivity contribution in [3.63, 3.8) is 0 Å². The van der Waals surface area contributed by atoms with Gasteiger partial charge in [-0.3, -0.25) is 9.48 Å². The Morgan fingerprint density at radius 3 is 3.14 bits per heavy atom. The van der Waals surface area contributed by atoms with Gasteiger partial charge in [-0.25, -0.2) is 0 Å². The van der Waals surface area contributed by atoms with Crippen molar-refractivity contribution < 1.29 is 9.53 Å². The lowest BCUT2D eigenvalue weighted by Crippen LogP contribution is -2.43. The van der Waals surface area contributed by atoms with Gasteiger partial charge >= 0.3 is 0 Å². The first kappa shape index (κ1) is 14.3. The molecule has 0 aliphatic carbocycles. The Kier molecular flexibility index (Phi) is 4.07. The molecule has 0 unspecified atom stereocenters. The number of nitrogens with zero attached hydrogens (tertiary/aromatic N) is 3. The highest BCUT2D eigenvalue weighted by Crippen LogP contribution is 2.30. The summed E-state index contributed by atoms with van der Waals surface area (Å²) in [4.78, 5) is 15.7. The van der Waals surface area contributed by atoms with Gasteiger partial charge in [0, 0.05) is 25.6 Å². The lowest BCUT2D eigenvalue weighted by molar-refractivity contribution is -0.134. The van der Waals surface area contributed by atoms with Gasteiger partial charge in [-0.15, -0.1) is 11.3 Å². The molecular formula is C15H19N3O2S. The Bertz CT molecular complexity index is 621. The van der Waals surface area contributed by atoms with Crippen molar-refractivity contribution in [3.8, 4) is 0 Å².